The lowest BCUT2D eigenvalue weighted by Gasteiger charge is -2.22. The van der Waals surface area contributed by atoms with Crippen molar-refractivity contribution in [2.24, 2.45) is 0 Å². The van der Waals surface area contributed by atoms with Crippen LogP contribution in [-0.2, 0) is 20.9 Å². The Morgan fingerprint density at radius 3 is 2.19 bits per heavy atom. The second-order valence-corrected chi connectivity index (χ2v) is 6.11. The minimum absolute atomic E-state index is 0.529. The van der Waals surface area contributed by atoms with Crippen LogP contribution in [0, 0.1) is 0 Å². The Hall–Kier alpha value is -0.450. The molecule has 2 N–H and O–H groups in total. The number of hydrogen-bond acceptors (Lipinski definition) is 4. The van der Waals surface area contributed by atoms with Gasteiger partial charge in [0.15, 0.2) is 0 Å². The van der Waals surface area contributed by atoms with Crippen molar-refractivity contribution < 1.29 is 9.05 Å². The lowest BCUT2D eigenvalue weighted by atomic mass is 10.3. The molecule has 0 aliphatic rings. The fourth-order valence-electron chi connectivity index (χ4n) is 1.10. The maximum absolute atomic E-state index is 5.42. The minimum Gasteiger partial charge on any atom is -0.317 e. The van der Waals surface area contributed by atoms with Crippen LogP contribution in [0.1, 0.15) is 13.8 Å². The molecule has 0 unspecified atom stereocenters. The standard InChI is InChI=1S/C10H17N2O2PS/c1-3-13-15(16,14-4-2)12-11-10-8-6-5-7-9-10/h5-9,11H,3-4H2,1-2H3,(H,12,16). The van der Waals surface area contributed by atoms with Crippen LogP contribution < -0.4 is 10.6 Å². The van der Waals surface area contributed by atoms with Crippen molar-refractivity contribution in [3.8, 4) is 0 Å². The van der Waals surface area contributed by atoms with Gasteiger partial charge in [-0.3, -0.25) is 0 Å². The van der Waals surface area contributed by atoms with E-state index in [4.69, 9.17) is 20.9 Å². The van der Waals surface area contributed by atoms with E-state index < -0.39 is 6.64 Å². The van der Waals surface area contributed by atoms with Gasteiger partial charge in [0, 0.05) is 5.69 Å². The highest BCUT2D eigenvalue weighted by atomic mass is 32.5. The number of nitrogens with one attached hydrogen (secondary N) is 2. The summed E-state index contributed by atoms with van der Waals surface area (Å²) in [5.41, 5.74) is 3.93. The molecule has 6 heteroatoms. The molecule has 0 saturated carbocycles. The maximum Gasteiger partial charge on any atom is 0.279 e. The second kappa shape index (κ2) is 6.99. The van der Waals surface area contributed by atoms with E-state index in [-0.39, 0.29) is 0 Å². The van der Waals surface area contributed by atoms with Crippen LogP contribution in [0.4, 0.5) is 5.69 Å². The van der Waals surface area contributed by atoms with Crippen LogP contribution in [0.15, 0.2) is 30.3 Å². The van der Waals surface area contributed by atoms with E-state index >= 15 is 0 Å². The van der Waals surface area contributed by atoms with Gasteiger partial charge in [-0.1, -0.05) is 18.2 Å². The van der Waals surface area contributed by atoms with Gasteiger partial charge in [-0.2, -0.15) is 5.20 Å². The third-order valence-corrected chi connectivity index (χ3v) is 4.20. The molecule has 1 rings (SSSR count). The predicted octanol–water partition coefficient (Wildman–Crippen LogP) is 2.90. The van der Waals surface area contributed by atoms with Crippen molar-refractivity contribution >= 4 is 24.1 Å². The summed E-state index contributed by atoms with van der Waals surface area (Å²) in [6.07, 6.45) is 0. The van der Waals surface area contributed by atoms with E-state index in [1.165, 1.54) is 0 Å². The second-order valence-electron chi connectivity index (χ2n) is 2.94. The van der Waals surface area contributed by atoms with E-state index in [0.29, 0.717) is 13.2 Å². The summed E-state index contributed by atoms with van der Waals surface area (Å²) in [6.45, 7) is 2.43. The number of rotatable bonds is 7. The molecule has 0 atom stereocenters. The average Bonchev–Trinajstić information content (AvgIpc) is 2.29. The monoisotopic (exact) mass is 260 g/mol. The molecule has 0 bridgehead atoms. The summed E-state index contributed by atoms with van der Waals surface area (Å²) in [4.78, 5) is 0. The molecular weight excluding hydrogens is 243 g/mol. The number of benzene rings is 1. The van der Waals surface area contributed by atoms with Crippen LogP contribution in [0.5, 0.6) is 0 Å². The molecule has 1 aromatic carbocycles. The van der Waals surface area contributed by atoms with Crippen LogP contribution in [-0.4, -0.2) is 13.2 Å². The van der Waals surface area contributed by atoms with Crippen LogP contribution in [0.3, 0.4) is 0 Å². The summed E-state index contributed by atoms with van der Waals surface area (Å²) in [5, 5.41) is 2.95. The van der Waals surface area contributed by atoms with E-state index in [9.17, 15) is 0 Å². The van der Waals surface area contributed by atoms with Gasteiger partial charge >= 0.3 is 0 Å². The Kier molecular flexibility index (Phi) is 5.95. The normalized spacial score (nSPS) is 11.4. The van der Waals surface area contributed by atoms with E-state index in [0.717, 1.165) is 5.69 Å². The Balaban J connectivity index is 2.53. The molecule has 0 aromatic heterocycles. The molecule has 1 aromatic rings. The van der Waals surface area contributed by atoms with Gasteiger partial charge in [0.2, 0.25) is 0 Å². The zero-order valence-electron chi connectivity index (χ0n) is 9.47. The van der Waals surface area contributed by atoms with Crippen LogP contribution >= 0.6 is 6.64 Å². The molecule has 0 heterocycles. The van der Waals surface area contributed by atoms with Crippen LogP contribution in [0.2, 0.25) is 0 Å². The molecule has 0 spiro atoms. The van der Waals surface area contributed by atoms with Gasteiger partial charge < -0.3 is 14.5 Å². The number of hydrogen-bond donors (Lipinski definition) is 2. The molecule has 0 aliphatic heterocycles. The number of hydrazine groups is 1. The topological polar surface area (TPSA) is 42.5 Å². The SMILES string of the molecule is CCOP(=S)(NNc1ccccc1)OCC. The third-order valence-electron chi connectivity index (χ3n) is 1.71. The molecule has 16 heavy (non-hydrogen) atoms. The predicted molar refractivity (Wildman–Crippen MR) is 70.7 cm³/mol. The molecule has 0 fully saturated rings. The molecule has 4 nitrogen and oxygen atoms in total. The highest BCUT2D eigenvalue weighted by molar-refractivity contribution is 8.09. The van der Waals surface area contributed by atoms with E-state index in [1.807, 2.05) is 44.2 Å². The van der Waals surface area contributed by atoms with E-state index in [2.05, 4.69) is 10.6 Å². The van der Waals surface area contributed by atoms with Gasteiger partial charge in [0.25, 0.3) is 6.64 Å². The molecule has 0 amide bonds. The number of anilines is 1. The van der Waals surface area contributed by atoms with Gasteiger partial charge in [-0.05, 0) is 37.8 Å². The lowest BCUT2D eigenvalue weighted by molar-refractivity contribution is 0.260. The zero-order valence-corrected chi connectivity index (χ0v) is 11.2. The highest BCUT2D eigenvalue weighted by Crippen LogP contribution is 2.43. The van der Waals surface area contributed by atoms with Gasteiger partial charge in [-0.15, -0.1) is 0 Å². The molecule has 0 aliphatic carbocycles. The molecule has 0 saturated heterocycles. The quantitative estimate of drug-likeness (QED) is 0.583. The summed E-state index contributed by atoms with van der Waals surface area (Å²) >= 11 is 5.29. The highest BCUT2D eigenvalue weighted by Gasteiger charge is 2.16. The fraction of sp³-hybridized carbons (Fsp3) is 0.400. The Bertz CT molecular complexity index is 338. The van der Waals surface area contributed by atoms with Crippen molar-refractivity contribution in [1.29, 1.82) is 0 Å². The Morgan fingerprint density at radius 2 is 1.69 bits per heavy atom. The van der Waals surface area contributed by atoms with E-state index in [1.54, 1.807) is 0 Å². The first-order valence-corrected chi connectivity index (χ1v) is 7.81. The first-order chi connectivity index (χ1) is 7.70. The maximum atomic E-state index is 5.42. The van der Waals surface area contributed by atoms with Crippen molar-refractivity contribution in [2.75, 3.05) is 18.6 Å². The molecular formula is C10H17N2O2PS. The smallest absolute Gasteiger partial charge is 0.279 e. The summed E-state index contributed by atoms with van der Waals surface area (Å²) in [5.74, 6) is 0. The van der Waals surface area contributed by atoms with Crippen molar-refractivity contribution in [3.63, 3.8) is 0 Å². The third kappa shape index (κ3) is 4.60. The Morgan fingerprint density at radius 1 is 1.12 bits per heavy atom. The molecule has 0 radical (unpaired) electrons. The van der Waals surface area contributed by atoms with Gasteiger partial charge in [-0.25, -0.2) is 0 Å². The Labute approximate surface area is 102 Å². The van der Waals surface area contributed by atoms with Crippen molar-refractivity contribution in [2.45, 2.75) is 13.8 Å². The molecule has 90 valence electrons. The van der Waals surface area contributed by atoms with Gasteiger partial charge in [0.05, 0.1) is 13.2 Å². The van der Waals surface area contributed by atoms with Crippen molar-refractivity contribution in [1.82, 2.24) is 5.20 Å². The van der Waals surface area contributed by atoms with Gasteiger partial charge in [0.1, 0.15) is 0 Å². The summed E-state index contributed by atoms with van der Waals surface area (Å²) < 4.78 is 10.8. The lowest BCUT2D eigenvalue weighted by Crippen LogP contribution is -2.21. The zero-order chi connectivity index (χ0) is 11.9. The average molecular weight is 260 g/mol. The summed E-state index contributed by atoms with van der Waals surface area (Å²) in [7, 11) is 0. The van der Waals surface area contributed by atoms with Crippen molar-refractivity contribution in [3.05, 3.63) is 30.3 Å². The minimum atomic E-state index is -2.41. The number of para-hydroxylation sites is 1. The summed E-state index contributed by atoms with van der Waals surface area (Å²) in [6, 6.07) is 9.70. The first-order valence-electron chi connectivity index (χ1n) is 5.17. The van der Waals surface area contributed by atoms with Crippen LogP contribution in [0.25, 0.3) is 0 Å². The fourth-order valence-corrected chi connectivity index (χ4v) is 3.02. The first kappa shape index (κ1) is 13.6. The largest absolute Gasteiger partial charge is 0.317 e.